The molecule has 0 aliphatic rings. The fraction of sp³-hybridized carbons (Fsp3) is 0.300. The lowest BCUT2D eigenvalue weighted by Gasteiger charge is -2.17. The van der Waals surface area contributed by atoms with Crippen LogP contribution >= 0.6 is 24.0 Å². The Morgan fingerprint density at radius 3 is 2.39 bits per heavy atom. The third-order valence-corrected chi connectivity index (χ3v) is 2.41. The lowest BCUT2D eigenvalue weighted by molar-refractivity contribution is -0.138. The van der Waals surface area contributed by atoms with E-state index in [-0.39, 0.29) is 12.4 Å². The van der Waals surface area contributed by atoms with Crippen LogP contribution in [0.3, 0.4) is 0 Å². The smallest absolute Gasteiger partial charge is 0.323 e. The summed E-state index contributed by atoms with van der Waals surface area (Å²) in [7, 11) is 0. The van der Waals surface area contributed by atoms with Crippen LogP contribution in [0, 0.1) is 17.1 Å². The van der Waals surface area contributed by atoms with Gasteiger partial charge in [-0.15, -0.1) is 12.4 Å². The Balaban J connectivity index is 0.00000289. The summed E-state index contributed by atoms with van der Waals surface area (Å²) in [6.45, 7) is 0. The van der Waals surface area contributed by atoms with Crippen LogP contribution in [-0.2, 0) is 6.18 Å². The number of rotatable bonds is 2. The molecule has 18 heavy (non-hydrogen) atoms. The summed E-state index contributed by atoms with van der Waals surface area (Å²) in [5.74, 6) is -1.23. The van der Waals surface area contributed by atoms with Crippen molar-refractivity contribution in [2.24, 2.45) is 5.73 Å². The molecule has 100 valence electrons. The Morgan fingerprint density at radius 2 is 1.94 bits per heavy atom. The second-order valence-electron chi connectivity index (χ2n) is 3.29. The molecule has 8 heteroatoms. The van der Waals surface area contributed by atoms with Crippen molar-refractivity contribution in [1.82, 2.24) is 0 Å². The first kappa shape index (κ1) is 17.0. The van der Waals surface area contributed by atoms with Crippen LogP contribution in [-0.4, -0.2) is 0 Å². The minimum atomic E-state index is -4.74. The zero-order valence-electron chi connectivity index (χ0n) is 8.76. The lowest BCUT2D eigenvalue weighted by Crippen LogP contribution is -2.19. The number of hydrogen-bond donors (Lipinski definition) is 1. The quantitative estimate of drug-likeness (QED) is 0.844. The van der Waals surface area contributed by atoms with Gasteiger partial charge in [-0.1, -0.05) is 11.6 Å². The molecule has 0 bridgehead atoms. The Hall–Kier alpha value is -1.03. The van der Waals surface area contributed by atoms with E-state index >= 15 is 0 Å². The van der Waals surface area contributed by atoms with Crippen LogP contribution in [0.15, 0.2) is 12.1 Å². The zero-order chi connectivity index (χ0) is 13.2. The van der Waals surface area contributed by atoms with Gasteiger partial charge in [0.05, 0.1) is 23.1 Å². The Morgan fingerprint density at radius 1 is 1.39 bits per heavy atom. The largest absolute Gasteiger partial charge is 0.416 e. The Bertz CT molecular complexity index is 468. The number of nitriles is 1. The number of alkyl halides is 3. The molecule has 0 aliphatic carbocycles. The van der Waals surface area contributed by atoms with Gasteiger partial charge in [-0.05, 0) is 12.1 Å². The van der Waals surface area contributed by atoms with Gasteiger partial charge in [0.2, 0.25) is 0 Å². The first-order chi connectivity index (χ1) is 7.79. The molecule has 1 atom stereocenters. The van der Waals surface area contributed by atoms with E-state index in [9.17, 15) is 17.6 Å². The van der Waals surface area contributed by atoms with Crippen molar-refractivity contribution >= 4 is 24.0 Å². The van der Waals surface area contributed by atoms with Gasteiger partial charge in [0.1, 0.15) is 5.82 Å². The van der Waals surface area contributed by atoms with Crippen LogP contribution in [0.2, 0.25) is 5.02 Å². The predicted octanol–water partition coefficient (Wildman–Crippen LogP) is 3.83. The maximum atomic E-state index is 13.5. The number of benzene rings is 1. The fourth-order valence-corrected chi connectivity index (χ4v) is 1.54. The molecular weight excluding hydrogens is 295 g/mol. The monoisotopic (exact) mass is 302 g/mol. The number of halogens is 6. The molecule has 2 nitrogen and oxygen atoms in total. The molecule has 0 radical (unpaired) electrons. The van der Waals surface area contributed by atoms with Crippen molar-refractivity contribution in [3.05, 3.63) is 34.1 Å². The van der Waals surface area contributed by atoms with Crippen molar-refractivity contribution in [1.29, 1.82) is 5.26 Å². The summed E-state index contributed by atoms with van der Waals surface area (Å²) >= 11 is 5.40. The van der Waals surface area contributed by atoms with Crippen molar-refractivity contribution in [3.8, 4) is 6.07 Å². The van der Waals surface area contributed by atoms with E-state index in [1.807, 2.05) is 0 Å². The maximum absolute atomic E-state index is 13.5. The number of nitrogens with zero attached hydrogens (tertiary/aromatic N) is 1. The molecule has 1 aromatic rings. The average molecular weight is 303 g/mol. The molecule has 0 saturated carbocycles. The number of hydrogen-bond acceptors (Lipinski definition) is 2. The van der Waals surface area contributed by atoms with Crippen molar-refractivity contribution in [2.45, 2.75) is 18.6 Å². The highest BCUT2D eigenvalue weighted by molar-refractivity contribution is 6.30. The second-order valence-corrected chi connectivity index (χ2v) is 3.70. The molecule has 0 spiro atoms. The number of nitrogens with two attached hydrogens (primary N) is 1. The minimum Gasteiger partial charge on any atom is -0.323 e. The molecule has 0 saturated heterocycles. The van der Waals surface area contributed by atoms with E-state index in [0.717, 1.165) is 6.07 Å². The first-order valence-corrected chi connectivity index (χ1v) is 4.84. The molecule has 0 aromatic heterocycles. The molecule has 0 unspecified atom stereocenters. The van der Waals surface area contributed by atoms with Gasteiger partial charge in [-0.2, -0.15) is 18.4 Å². The van der Waals surface area contributed by atoms with E-state index in [1.54, 1.807) is 6.07 Å². The SMILES string of the molecule is Cl.N#CC[C@H](N)c1c(C(F)(F)F)ccc(Cl)c1F. The van der Waals surface area contributed by atoms with Crippen molar-refractivity contribution in [2.75, 3.05) is 0 Å². The summed E-state index contributed by atoms with van der Waals surface area (Å²) in [4.78, 5) is 0. The summed E-state index contributed by atoms with van der Waals surface area (Å²) in [6, 6.07) is 1.68. The Kier molecular flexibility index (Phi) is 5.87. The molecule has 0 heterocycles. The van der Waals surface area contributed by atoms with Crippen LogP contribution in [0.5, 0.6) is 0 Å². The molecule has 0 amide bonds. The van der Waals surface area contributed by atoms with E-state index in [1.165, 1.54) is 0 Å². The normalized spacial score (nSPS) is 12.5. The topological polar surface area (TPSA) is 49.8 Å². The van der Waals surface area contributed by atoms with Crippen LogP contribution in [0.25, 0.3) is 0 Å². The molecule has 1 aromatic carbocycles. The Labute approximate surface area is 112 Å². The fourth-order valence-electron chi connectivity index (χ4n) is 1.38. The van der Waals surface area contributed by atoms with E-state index < -0.39 is 40.6 Å². The summed E-state index contributed by atoms with van der Waals surface area (Å²) < 4.78 is 51.4. The van der Waals surface area contributed by atoms with Crippen molar-refractivity contribution < 1.29 is 17.6 Å². The highest BCUT2D eigenvalue weighted by Gasteiger charge is 2.36. The summed E-state index contributed by atoms with van der Waals surface area (Å²) in [6.07, 6.45) is -5.17. The zero-order valence-corrected chi connectivity index (χ0v) is 10.3. The highest BCUT2D eigenvalue weighted by Crippen LogP contribution is 2.38. The van der Waals surface area contributed by atoms with Gasteiger partial charge in [0.15, 0.2) is 0 Å². The summed E-state index contributed by atoms with van der Waals surface area (Å²) in [5.41, 5.74) is 3.37. The third-order valence-electron chi connectivity index (χ3n) is 2.12. The first-order valence-electron chi connectivity index (χ1n) is 4.46. The molecular formula is C10H8Cl2F4N2. The van der Waals surface area contributed by atoms with Gasteiger partial charge in [0, 0.05) is 11.6 Å². The maximum Gasteiger partial charge on any atom is 0.416 e. The van der Waals surface area contributed by atoms with Gasteiger partial charge >= 0.3 is 6.18 Å². The van der Waals surface area contributed by atoms with Gasteiger partial charge < -0.3 is 5.73 Å². The van der Waals surface area contributed by atoms with Crippen LogP contribution in [0.1, 0.15) is 23.6 Å². The van der Waals surface area contributed by atoms with Gasteiger partial charge in [-0.3, -0.25) is 0 Å². The third kappa shape index (κ3) is 3.48. The average Bonchev–Trinajstić information content (AvgIpc) is 2.20. The molecule has 1 rings (SSSR count). The molecule has 2 N–H and O–H groups in total. The molecule has 0 fully saturated rings. The standard InChI is InChI=1S/C10H7ClF4N2.ClH/c11-6-2-1-5(10(13,14)15)8(9(6)12)7(17)3-4-16;/h1-2,7H,3,17H2;1H/t7-;/m0./s1. The second kappa shape index (κ2) is 6.23. The van der Waals surface area contributed by atoms with Crippen LogP contribution in [0.4, 0.5) is 17.6 Å². The van der Waals surface area contributed by atoms with Gasteiger partial charge in [0.25, 0.3) is 0 Å². The van der Waals surface area contributed by atoms with Crippen LogP contribution < -0.4 is 5.73 Å². The van der Waals surface area contributed by atoms with Gasteiger partial charge in [-0.25, -0.2) is 4.39 Å². The van der Waals surface area contributed by atoms with Crippen molar-refractivity contribution in [3.63, 3.8) is 0 Å². The van der Waals surface area contributed by atoms with E-state index in [4.69, 9.17) is 22.6 Å². The highest BCUT2D eigenvalue weighted by atomic mass is 35.5. The molecule has 0 aliphatic heterocycles. The minimum absolute atomic E-state index is 0. The van der Waals surface area contributed by atoms with E-state index in [2.05, 4.69) is 0 Å². The lowest BCUT2D eigenvalue weighted by atomic mass is 9.98. The summed E-state index contributed by atoms with van der Waals surface area (Å²) in [5, 5.41) is 7.93. The van der Waals surface area contributed by atoms with E-state index in [0.29, 0.717) is 6.07 Å². The predicted molar refractivity (Wildman–Crippen MR) is 60.8 cm³/mol.